The first kappa shape index (κ1) is 12.1. The molecule has 21 heavy (non-hydrogen) atoms. The quantitative estimate of drug-likeness (QED) is 0.468. The molecule has 0 bridgehead atoms. The zero-order chi connectivity index (χ0) is 14.6. The van der Waals surface area contributed by atoms with Gasteiger partial charge in [-0.05, 0) is 24.3 Å². The molecule has 3 aromatic heterocycles. The highest BCUT2D eigenvalue weighted by molar-refractivity contribution is 7.71. The number of aryl methyl sites for hydroxylation is 1. The van der Waals surface area contributed by atoms with E-state index in [9.17, 15) is 5.26 Å². The first-order valence-electron chi connectivity index (χ1n) is 6.56. The van der Waals surface area contributed by atoms with Crippen LogP contribution in [0.25, 0.3) is 27.7 Å². The molecule has 4 aromatic rings. The number of rotatable bonds is 0. The highest BCUT2D eigenvalue weighted by Crippen LogP contribution is 2.27. The molecule has 0 amide bonds. The third-order valence-corrected chi connectivity index (χ3v) is 4.30. The van der Waals surface area contributed by atoms with Gasteiger partial charge in [-0.3, -0.25) is 0 Å². The number of benzene rings is 1. The molecule has 0 fully saturated rings. The van der Waals surface area contributed by atoms with Gasteiger partial charge in [-0.1, -0.05) is 24.4 Å². The van der Waals surface area contributed by atoms with Gasteiger partial charge in [0, 0.05) is 7.05 Å². The van der Waals surface area contributed by atoms with Crippen LogP contribution in [0.3, 0.4) is 0 Å². The van der Waals surface area contributed by atoms with Gasteiger partial charge >= 0.3 is 0 Å². The van der Waals surface area contributed by atoms with Crippen LogP contribution >= 0.6 is 12.2 Å². The summed E-state index contributed by atoms with van der Waals surface area (Å²) in [5.74, 6) is 0. The van der Waals surface area contributed by atoms with Crippen LogP contribution in [-0.4, -0.2) is 8.97 Å². The van der Waals surface area contributed by atoms with Crippen molar-refractivity contribution < 1.29 is 4.98 Å². The van der Waals surface area contributed by atoms with E-state index in [0.29, 0.717) is 10.1 Å². The second-order valence-corrected chi connectivity index (χ2v) is 5.36. The van der Waals surface area contributed by atoms with Crippen molar-refractivity contribution in [2.45, 2.75) is 0 Å². The summed E-state index contributed by atoms with van der Waals surface area (Å²) in [5.41, 5.74) is 4.38. The predicted molar refractivity (Wildman–Crippen MR) is 83.5 cm³/mol. The van der Waals surface area contributed by atoms with E-state index in [1.165, 1.54) is 0 Å². The molecule has 0 radical (unpaired) electrons. The molecule has 4 rings (SSSR count). The topological polar surface area (TPSA) is 47.3 Å². The van der Waals surface area contributed by atoms with Gasteiger partial charge in [-0.2, -0.15) is 9.66 Å². The smallest absolute Gasteiger partial charge is 0.294 e. The first-order valence-corrected chi connectivity index (χ1v) is 6.97. The van der Waals surface area contributed by atoms with E-state index in [1.807, 2.05) is 54.2 Å². The molecule has 5 heteroatoms. The fourth-order valence-electron chi connectivity index (χ4n) is 2.95. The maximum absolute atomic E-state index is 9.57. The fourth-order valence-corrected chi connectivity index (χ4v) is 3.26. The van der Waals surface area contributed by atoms with Crippen LogP contribution in [0.2, 0.25) is 0 Å². The molecule has 0 saturated carbocycles. The maximum Gasteiger partial charge on any atom is 0.294 e. The normalized spacial score (nSPS) is 11.2. The Morgan fingerprint density at radius 3 is 2.67 bits per heavy atom. The Morgan fingerprint density at radius 1 is 1.14 bits per heavy atom. The highest BCUT2D eigenvalue weighted by atomic mass is 32.1. The van der Waals surface area contributed by atoms with Crippen molar-refractivity contribution >= 4 is 39.9 Å². The summed E-state index contributed by atoms with van der Waals surface area (Å²) in [6.07, 6.45) is 1.87. The van der Waals surface area contributed by atoms with Gasteiger partial charge in [0.05, 0.1) is 21.6 Å². The van der Waals surface area contributed by atoms with Gasteiger partial charge in [-0.25, -0.2) is 4.98 Å². The van der Waals surface area contributed by atoms with Gasteiger partial charge in [0.2, 0.25) is 5.65 Å². The summed E-state index contributed by atoms with van der Waals surface area (Å²) < 4.78 is 4.68. The number of pyridine rings is 2. The molecule has 0 saturated heterocycles. The van der Waals surface area contributed by atoms with E-state index in [-0.39, 0.29) is 0 Å². The van der Waals surface area contributed by atoms with Crippen molar-refractivity contribution in [1.82, 2.24) is 8.97 Å². The van der Waals surface area contributed by atoms with Gasteiger partial charge in [0.25, 0.3) is 5.65 Å². The standard InChI is InChI=1S/C16H10N4S/c1-19-12-6-2-3-7-13(12)20-15-10(5-4-8-18-15)14(21)11(9-17)16(19)20/h2-8H,1H3/p+1. The van der Waals surface area contributed by atoms with Gasteiger partial charge < -0.3 is 4.57 Å². The Hall–Kier alpha value is -2.71. The average molecular weight is 291 g/mol. The van der Waals surface area contributed by atoms with Crippen LogP contribution in [0.15, 0.2) is 42.6 Å². The summed E-state index contributed by atoms with van der Waals surface area (Å²) in [5, 5.41) is 10.5. The molecule has 1 N–H and O–H groups in total. The molecule has 0 atom stereocenters. The van der Waals surface area contributed by atoms with E-state index < -0.39 is 0 Å². The number of hydrogen-bond acceptors (Lipinski definition) is 2. The number of nitrogens with one attached hydrogen (secondary N) is 1. The van der Waals surface area contributed by atoms with E-state index in [4.69, 9.17) is 12.2 Å². The molecule has 100 valence electrons. The van der Waals surface area contributed by atoms with Crippen molar-refractivity contribution in [2.75, 3.05) is 0 Å². The number of para-hydroxylation sites is 2. The van der Waals surface area contributed by atoms with E-state index in [2.05, 4.69) is 15.5 Å². The largest absolute Gasteiger partial charge is 0.307 e. The van der Waals surface area contributed by atoms with Gasteiger partial charge in [0.15, 0.2) is 5.52 Å². The lowest BCUT2D eigenvalue weighted by molar-refractivity contribution is -0.348. The monoisotopic (exact) mass is 291 g/mol. The summed E-state index contributed by atoms with van der Waals surface area (Å²) in [4.78, 5) is 3.26. The van der Waals surface area contributed by atoms with Crippen LogP contribution in [-0.2, 0) is 7.05 Å². The molecule has 3 heterocycles. The third-order valence-electron chi connectivity index (χ3n) is 3.88. The Kier molecular flexibility index (Phi) is 2.38. The number of fused-ring (bicyclic) bond motifs is 5. The number of hydrogen-bond donors (Lipinski definition) is 0. The van der Waals surface area contributed by atoms with Crippen molar-refractivity contribution in [3.63, 3.8) is 0 Å². The number of nitriles is 1. The maximum atomic E-state index is 9.57. The number of imidazole rings is 1. The van der Waals surface area contributed by atoms with Crippen LogP contribution < -0.4 is 4.98 Å². The minimum atomic E-state index is 0.538. The molecule has 0 spiro atoms. The van der Waals surface area contributed by atoms with Gasteiger partial charge in [-0.15, -0.1) is 0 Å². The van der Waals surface area contributed by atoms with Gasteiger partial charge in [0.1, 0.15) is 11.6 Å². The average Bonchev–Trinajstić information content (AvgIpc) is 2.82. The highest BCUT2D eigenvalue weighted by Gasteiger charge is 2.22. The lowest BCUT2D eigenvalue weighted by atomic mass is 10.2. The Bertz CT molecular complexity index is 1130. The lowest BCUT2D eigenvalue weighted by Gasteiger charge is -2.00. The molecule has 0 aliphatic heterocycles. The molecule has 0 aliphatic carbocycles. The van der Waals surface area contributed by atoms with Crippen LogP contribution in [0, 0.1) is 15.8 Å². The number of nitrogens with zero attached hydrogens (tertiary/aromatic N) is 3. The number of aromatic nitrogens is 3. The van der Waals surface area contributed by atoms with E-state index in [1.54, 1.807) is 0 Å². The Balaban J connectivity index is 2.52. The molecular weight excluding hydrogens is 280 g/mol. The summed E-state index contributed by atoms with van der Waals surface area (Å²) in [6, 6.07) is 14.2. The number of H-pyrrole nitrogens is 1. The van der Waals surface area contributed by atoms with Crippen molar-refractivity contribution in [3.8, 4) is 6.07 Å². The Labute approximate surface area is 125 Å². The van der Waals surface area contributed by atoms with Crippen LogP contribution in [0.5, 0.6) is 0 Å². The molecule has 0 unspecified atom stereocenters. The molecule has 4 nitrogen and oxygen atoms in total. The minimum Gasteiger partial charge on any atom is -0.307 e. The third kappa shape index (κ3) is 1.42. The summed E-state index contributed by atoms with van der Waals surface area (Å²) >= 11 is 5.52. The second-order valence-electron chi connectivity index (χ2n) is 4.96. The second kappa shape index (κ2) is 4.14. The number of aromatic amines is 1. The van der Waals surface area contributed by atoms with Crippen molar-refractivity contribution in [1.29, 1.82) is 5.26 Å². The molecule has 0 aliphatic rings. The fraction of sp³-hybridized carbons (Fsp3) is 0.0625. The van der Waals surface area contributed by atoms with Crippen LogP contribution in [0.4, 0.5) is 0 Å². The molecule has 1 aromatic carbocycles. The van der Waals surface area contributed by atoms with E-state index >= 15 is 0 Å². The zero-order valence-electron chi connectivity index (χ0n) is 11.3. The summed E-state index contributed by atoms with van der Waals surface area (Å²) in [6.45, 7) is 0. The minimum absolute atomic E-state index is 0.538. The van der Waals surface area contributed by atoms with Crippen molar-refractivity contribution in [3.05, 3.63) is 52.7 Å². The van der Waals surface area contributed by atoms with E-state index in [0.717, 1.165) is 27.7 Å². The first-order chi connectivity index (χ1) is 10.2. The zero-order valence-corrected chi connectivity index (χ0v) is 12.1. The summed E-state index contributed by atoms with van der Waals surface area (Å²) in [7, 11) is 1.96. The van der Waals surface area contributed by atoms with Crippen LogP contribution in [0.1, 0.15) is 5.56 Å². The molecular formula is C16H11N4S+. The SMILES string of the molecule is Cn1c2ccccc2n2c3[nH+]cccc3c(=S)c(C#N)c12. The predicted octanol–water partition coefficient (Wildman–Crippen LogP) is 3.00. The van der Waals surface area contributed by atoms with Crippen molar-refractivity contribution in [2.24, 2.45) is 7.05 Å². The lowest BCUT2D eigenvalue weighted by Crippen LogP contribution is -2.09. The Morgan fingerprint density at radius 2 is 1.90 bits per heavy atom.